The van der Waals surface area contributed by atoms with Gasteiger partial charge in [0.05, 0.1) is 5.92 Å². The lowest BCUT2D eigenvalue weighted by atomic mass is 9.44. The van der Waals surface area contributed by atoms with Gasteiger partial charge >= 0.3 is 6.18 Å². The molecule has 0 aromatic carbocycles. The molecule has 0 radical (unpaired) electrons. The third kappa shape index (κ3) is 2.23. The van der Waals surface area contributed by atoms with E-state index in [-0.39, 0.29) is 16.7 Å². The van der Waals surface area contributed by atoms with Crippen molar-refractivity contribution in [2.75, 3.05) is 0 Å². The number of halogens is 3. The van der Waals surface area contributed by atoms with Gasteiger partial charge in [-0.2, -0.15) is 13.2 Å². The summed E-state index contributed by atoms with van der Waals surface area (Å²) in [6.45, 7) is 4.44. The van der Waals surface area contributed by atoms with Crippen molar-refractivity contribution in [3.63, 3.8) is 0 Å². The predicted molar refractivity (Wildman–Crippen MR) is 86.3 cm³/mol. The summed E-state index contributed by atoms with van der Waals surface area (Å²) in [6.07, 6.45) is 3.07. The highest BCUT2D eigenvalue weighted by Gasteiger charge is 2.61. The Labute approximate surface area is 142 Å². The molecule has 1 nitrogen and oxygen atoms in total. The molecule has 0 N–H and O–H groups in total. The fraction of sp³-hybridized carbons (Fsp3) is 0.950. The Hall–Kier alpha value is -0.540. The van der Waals surface area contributed by atoms with Gasteiger partial charge in [0, 0.05) is 11.8 Å². The average molecular weight is 342 g/mol. The number of hydrogen-bond acceptors (Lipinski definition) is 1. The van der Waals surface area contributed by atoms with E-state index in [9.17, 15) is 18.0 Å². The maximum Gasteiger partial charge on any atom is 0.391 e. The number of carbonyl (C=O) groups is 1. The largest absolute Gasteiger partial charge is 0.391 e. The first kappa shape index (κ1) is 16.9. The fourth-order valence-corrected chi connectivity index (χ4v) is 7.33. The standard InChI is InChI=1S/C20H29F3O/c1-18-9-7-13(20(21,22)23)11-12(18)3-4-14-15-5-6-17(24)19(15,2)10-8-16(14)18/h12-16H,3-11H2,1-2H3/t12-,13?,14+,15?,16?,18?,19?/m1/s1. The number of hydrogen-bond donors (Lipinski definition) is 0. The van der Waals surface area contributed by atoms with Gasteiger partial charge < -0.3 is 0 Å². The number of ketones is 1. The highest BCUT2D eigenvalue weighted by atomic mass is 19.4. The van der Waals surface area contributed by atoms with Crippen molar-refractivity contribution in [1.29, 1.82) is 0 Å². The Morgan fingerprint density at radius 2 is 1.71 bits per heavy atom. The molecule has 4 heteroatoms. The zero-order chi connectivity index (χ0) is 17.3. The zero-order valence-electron chi connectivity index (χ0n) is 14.8. The summed E-state index contributed by atoms with van der Waals surface area (Å²) in [5, 5.41) is 0. The van der Waals surface area contributed by atoms with Gasteiger partial charge in [-0.15, -0.1) is 0 Å². The minimum atomic E-state index is -4.03. The van der Waals surface area contributed by atoms with E-state index in [0.29, 0.717) is 36.4 Å². The number of rotatable bonds is 0. The Kier molecular flexibility index (Phi) is 3.69. The van der Waals surface area contributed by atoms with Crippen molar-refractivity contribution in [1.82, 2.24) is 0 Å². The summed E-state index contributed by atoms with van der Waals surface area (Å²) in [4.78, 5) is 12.4. The average Bonchev–Trinajstić information content (AvgIpc) is 2.81. The van der Waals surface area contributed by atoms with Crippen LogP contribution in [0.1, 0.15) is 71.6 Å². The molecule has 0 spiro atoms. The van der Waals surface area contributed by atoms with Gasteiger partial charge in [-0.1, -0.05) is 13.8 Å². The second-order valence-electron chi connectivity index (χ2n) is 9.59. The third-order valence-corrected chi connectivity index (χ3v) is 8.84. The van der Waals surface area contributed by atoms with E-state index in [4.69, 9.17) is 0 Å². The van der Waals surface area contributed by atoms with Crippen LogP contribution in [-0.2, 0) is 4.79 Å². The molecule has 4 aliphatic carbocycles. The van der Waals surface area contributed by atoms with Crippen molar-refractivity contribution in [3.8, 4) is 0 Å². The van der Waals surface area contributed by atoms with Crippen LogP contribution in [0, 0.1) is 40.4 Å². The molecule has 136 valence electrons. The molecule has 0 aliphatic heterocycles. The molecule has 4 aliphatic rings. The molecule has 5 unspecified atom stereocenters. The van der Waals surface area contributed by atoms with E-state index in [1.54, 1.807) is 0 Å². The Morgan fingerprint density at radius 3 is 2.42 bits per heavy atom. The van der Waals surface area contributed by atoms with Gasteiger partial charge in [0.15, 0.2) is 0 Å². The number of carbonyl (C=O) groups excluding carboxylic acids is 1. The molecule has 7 atom stereocenters. The molecule has 0 amide bonds. The summed E-state index contributed by atoms with van der Waals surface area (Å²) < 4.78 is 39.6. The normalized spacial score (nSPS) is 51.7. The van der Waals surface area contributed by atoms with Gasteiger partial charge in [0.2, 0.25) is 0 Å². The molecule has 4 saturated carbocycles. The van der Waals surface area contributed by atoms with Crippen LogP contribution in [0.25, 0.3) is 0 Å². The van der Waals surface area contributed by atoms with Crippen molar-refractivity contribution in [2.24, 2.45) is 40.4 Å². The Bertz CT molecular complexity index is 541. The molecule has 0 saturated heterocycles. The van der Waals surface area contributed by atoms with Crippen LogP contribution < -0.4 is 0 Å². The first-order chi connectivity index (χ1) is 11.2. The van der Waals surface area contributed by atoms with Gasteiger partial charge in [-0.3, -0.25) is 4.79 Å². The number of fused-ring (bicyclic) bond motifs is 5. The minimum absolute atomic E-state index is 0.0671. The molecule has 0 aromatic heterocycles. The van der Waals surface area contributed by atoms with Gasteiger partial charge in [0.1, 0.15) is 5.78 Å². The maximum atomic E-state index is 13.2. The van der Waals surface area contributed by atoms with Crippen molar-refractivity contribution < 1.29 is 18.0 Å². The first-order valence-corrected chi connectivity index (χ1v) is 9.76. The van der Waals surface area contributed by atoms with E-state index in [1.165, 1.54) is 0 Å². The highest BCUT2D eigenvalue weighted by molar-refractivity contribution is 5.87. The fourth-order valence-electron chi connectivity index (χ4n) is 7.33. The van der Waals surface area contributed by atoms with E-state index in [0.717, 1.165) is 44.9 Å². The van der Waals surface area contributed by atoms with E-state index in [1.807, 2.05) is 0 Å². The molecule has 4 fully saturated rings. The molecule has 0 heterocycles. The topological polar surface area (TPSA) is 17.1 Å². The molecule has 4 rings (SSSR count). The second kappa shape index (κ2) is 5.23. The van der Waals surface area contributed by atoms with Crippen LogP contribution in [0.2, 0.25) is 0 Å². The van der Waals surface area contributed by atoms with Crippen molar-refractivity contribution >= 4 is 5.78 Å². The van der Waals surface area contributed by atoms with E-state index in [2.05, 4.69) is 13.8 Å². The molecular formula is C20H29F3O. The summed E-state index contributed by atoms with van der Waals surface area (Å²) in [5.41, 5.74) is -0.0643. The summed E-state index contributed by atoms with van der Waals surface area (Å²) in [7, 11) is 0. The van der Waals surface area contributed by atoms with Crippen molar-refractivity contribution in [2.45, 2.75) is 77.8 Å². The SMILES string of the molecule is CC12CCC3[C@@H](CC[C@@H]4CC(C(F)(F)F)CCC34C)C1CCC2=O. The second-order valence-corrected chi connectivity index (χ2v) is 9.59. The molecule has 0 aromatic rings. The highest BCUT2D eigenvalue weighted by Crippen LogP contribution is 2.66. The summed E-state index contributed by atoms with van der Waals surface area (Å²) in [6, 6.07) is 0. The van der Waals surface area contributed by atoms with E-state index < -0.39 is 12.1 Å². The third-order valence-electron chi connectivity index (χ3n) is 8.84. The minimum Gasteiger partial charge on any atom is -0.299 e. The van der Waals surface area contributed by atoms with Gasteiger partial charge in [-0.25, -0.2) is 0 Å². The van der Waals surface area contributed by atoms with Crippen LogP contribution in [-0.4, -0.2) is 12.0 Å². The zero-order valence-corrected chi connectivity index (χ0v) is 14.8. The maximum absolute atomic E-state index is 13.2. The Morgan fingerprint density at radius 1 is 0.958 bits per heavy atom. The molecular weight excluding hydrogens is 313 g/mol. The van der Waals surface area contributed by atoms with Crippen LogP contribution >= 0.6 is 0 Å². The number of Topliss-reactive ketones (excluding diaryl/α,β-unsaturated/α-hetero) is 1. The summed E-state index contributed by atoms with van der Waals surface area (Å²) >= 11 is 0. The quantitative estimate of drug-likeness (QED) is 0.545. The van der Waals surface area contributed by atoms with E-state index >= 15 is 0 Å². The van der Waals surface area contributed by atoms with Crippen LogP contribution in [0.4, 0.5) is 13.2 Å². The summed E-state index contributed by atoms with van der Waals surface area (Å²) in [5.74, 6) is 1.17. The van der Waals surface area contributed by atoms with Gasteiger partial charge in [-0.05, 0) is 80.5 Å². The lowest BCUT2D eigenvalue weighted by molar-refractivity contribution is -0.207. The van der Waals surface area contributed by atoms with Gasteiger partial charge in [0.25, 0.3) is 0 Å². The van der Waals surface area contributed by atoms with Crippen LogP contribution in [0.3, 0.4) is 0 Å². The molecule has 24 heavy (non-hydrogen) atoms. The lowest BCUT2D eigenvalue weighted by Crippen LogP contribution is -2.54. The predicted octanol–water partition coefficient (Wildman–Crippen LogP) is 5.78. The van der Waals surface area contributed by atoms with Crippen LogP contribution in [0.5, 0.6) is 0 Å². The van der Waals surface area contributed by atoms with Crippen molar-refractivity contribution in [3.05, 3.63) is 0 Å². The number of alkyl halides is 3. The monoisotopic (exact) mass is 342 g/mol. The van der Waals surface area contributed by atoms with Crippen LogP contribution in [0.15, 0.2) is 0 Å². The first-order valence-electron chi connectivity index (χ1n) is 9.76. The Balaban J connectivity index is 1.58. The smallest absolute Gasteiger partial charge is 0.299 e. The lowest BCUT2D eigenvalue weighted by Gasteiger charge is -2.60. The molecule has 0 bridgehead atoms.